The first-order valence-corrected chi connectivity index (χ1v) is 10.7. The first kappa shape index (κ1) is 25.5. The molecule has 0 saturated carbocycles. The molecule has 35 heavy (non-hydrogen) atoms. The maximum atomic E-state index is 14.2. The monoisotopic (exact) mass is 485 g/mol. The van der Waals surface area contributed by atoms with Crippen LogP contribution in [0.1, 0.15) is 21.5 Å². The minimum atomic E-state index is -1.37. The van der Waals surface area contributed by atoms with E-state index in [2.05, 4.69) is 0 Å². The highest BCUT2D eigenvalue weighted by atomic mass is 19.1. The first-order chi connectivity index (χ1) is 16.8. The number of nitrogens with zero attached hydrogens (tertiary/aromatic N) is 1. The number of hydrogen-bond donors (Lipinski definition) is 1. The summed E-state index contributed by atoms with van der Waals surface area (Å²) in [7, 11) is 3.02. The molecule has 1 N–H and O–H groups in total. The lowest BCUT2D eigenvalue weighted by molar-refractivity contribution is -0.134. The molecule has 184 valence electrons. The van der Waals surface area contributed by atoms with Crippen LogP contribution in [0.25, 0.3) is 0 Å². The van der Waals surface area contributed by atoms with E-state index in [0.717, 1.165) is 17.2 Å². The molecule has 0 aliphatic carbocycles. The van der Waals surface area contributed by atoms with Crippen LogP contribution < -0.4 is 14.2 Å². The average molecular weight is 485 g/mol. The van der Waals surface area contributed by atoms with E-state index >= 15 is 0 Å². The Hall–Kier alpha value is -4.14. The molecule has 0 heterocycles. The lowest BCUT2D eigenvalue weighted by atomic mass is 10.1. The lowest BCUT2D eigenvalue weighted by Gasteiger charge is -2.24. The average Bonchev–Trinajstić information content (AvgIpc) is 2.86. The maximum Gasteiger partial charge on any atom is 0.339 e. The van der Waals surface area contributed by atoms with E-state index in [1.54, 1.807) is 30.3 Å². The zero-order chi connectivity index (χ0) is 25.4. The third-order valence-corrected chi connectivity index (χ3v) is 5.30. The van der Waals surface area contributed by atoms with Gasteiger partial charge >= 0.3 is 5.97 Å². The van der Waals surface area contributed by atoms with Crippen LogP contribution in [-0.4, -0.2) is 49.3 Å². The fraction of sp³-hybridized carbons (Fsp3) is 0.231. The summed E-state index contributed by atoms with van der Waals surface area (Å²) in [4.78, 5) is 26.0. The fourth-order valence-corrected chi connectivity index (χ4v) is 3.46. The van der Waals surface area contributed by atoms with Crippen molar-refractivity contribution in [3.63, 3.8) is 0 Å². The number of halogens is 2. The molecule has 7 nitrogen and oxygen atoms in total. The third kappa shape index (κ3) is 6.69. The Bertz CT molecular complexity index is 1180. The molecule has 3 aromatic rings. The van der Waals surface area contributed by atoms with Gasteiger partial charge in [-0.2, -0.15) is 0 Å². The van der Waals surface area contributed by atoms with Crippen LogP contribution in [0, 0.1) is 11.6 Å². The summed E-state index contributed by atoms with van der Waals surface area (Å²) in [6.07, 6.45) is 0.430. The SMILES string of the molecule is COc1ccc(CN(CCc2ccc(F)cc2)C(=O)COc2c(F)cccc2C(=O)O)cc1OC. The number of ether oxygens (including phenoxy) is 3. The van der Waals surface area contributed by atoms with E-state index in [9.17, 15) is 23.5 Å². The minimum Gasteiger partial charge on any atom is -0.493 e. The zero-order valence-electron chi connectivity index (χ0n) is 19.3. The number of hydrogen-bond acceptors (Lipinski definition) is 5. The van der Waals surface area contributed by atoms with Gasteiger partial charge in [-0.25, -0.2) is 13.6 Å². The zero-order valence-corrected chi connectivity index (χ0v) is 19.3. The Morgan fingerprint density at radius 1 is 0.914 bits per heavy atom. The van der Waals surface area contributed by atoms with Gasteiger partial charge in [0.1, 0.15) is 11.4 Å². The van der Waals surface area contributed by atoms with Crippen molar-refractivity contribution in [2.75, 3.05) is 27.4 Å². The highest BCUT2D eigenvalue weighted by molar-refractivity contribution is 5.91. The maximum absolute atomic E-state index is 14.2. The summed E-state index contributed by atoms with van der Waals surface area (Å²) in [5.41, 5.74) is 1.18. The van der Waals surface area contributed by atoms with Gasteiger partial charge in [0.15, 0.2) is 29.7 Å². The van der Waals surface area contributed by atoms with Crippen molar-refractivity contribution >= 4 is 11.9 Å². The van der Waals surface area contributed by atoms with Crippen LogP contribution in [-0.2, 0) is 17.8 Å². The summed E-state index contributed by atoms with van der Waals surface area (Å²) < 4.78 is 43.3. The van der Waals surface area contributed by atoms with E-state index in [-0.39, 0.29) is 24.5 Å². The summed E-state index contributed by atoms with van der Waals surface area (Å²) >= 11 is 0. The van der Waals surface area contributed by atoms with Gasteiger partial charge in [-0.1, -0.05) is 24.3 Å². The van der Waals surface area contributed by atoms with Crippen LogP contribution in [0.15, 0.2) is 60.7 Å². The van der Waals surface area contributed by atoms with Crippen LogP contribution in [0.5, 0.6) is 17.2 Å². The minimum absolute atomic E-state index is 0.173. The number of benzene rings is 3. The molecule has 0 bridgehead atoms. The normalized spacial score (nSPS) is 10.5. The number of rotatable bonds is 11. The van der Waals surface area contributed by atoms with Gasteiger partial charge in [0.25, 0.3) is 5.91 Å². The summed E-state index contributed by atoms with van der Waals surface area (Å²) in [5.74, 6) is -2.57. The lowest BCUT2D eigenvalue weighted by Crippen LogP contribution is -2.36. The molecular weight excluding hydrogens is 460 g/mol. The van der Waals surface area contributed by atoms with Crippen molar-refractivity contribution in [3.8, 4) is 17.2 Å². The van der Waals surface area contributed by atoms with E-state index in [1.165, 1.54) is 43.4 Å². The van der Waals surface area contributed by atoms with Crippen LogP contribution >= 0.6 is 0 Å². The third-order valence-electron chi connectivity index (χ3n) is 5.30. The van der Waals surface area contributed by atoms with E-state index in [1.807, 2.05) is 0 Å². The standard InChI is InChI=1S/C26H25F2NO6/c1-33-22-11-8-18(14-23(22)34-2)15-29(13-12-17-6-9-19(27)10-7-17)24(30)16-35-25-20(26(31)32)4-3-5-21(25)28/h3-11,14H,12-13,15-16H2,1-2H3,(H,31,32). The van der Waals surface area contributed by atoms with E-state index < -0.39 is 30.1 Å². The number of amides is 1. The van der Waals surface area contributed by atoms with Gasteiger partial charge in [-0.3, -0.25) is 4.79 Å². The first-order valence-electron chi connectivity index (χ1n) is 10.7. The van der Waals surface area contributed by atoms with Gasteiger partial charge in [-0.15, -0.1) is 0 Å². The molecule has 0 aliphatic heterocycles. The van der Waals surface area contributed by atoms with Crippen LogP contribution in [0.3, 0.4) is 0 Å². The second kappa shape index (κ2) is 11.8. The molecule has 0 aromatic heterocycles. The predicted molar refractivity (Wildman–Crippen MR) is 124 cm³/mol. The van der Waals surface area contributed by atoms with Crippen molar-refractivity contribution in [1.82, 2.24) is 4.90 Å². The molecule has 0 unspecified atom stereocenters. The van der Waals surface area contributed by atoms with Gasteiger partial charge in [-0.05, 0) is 53.9 Å². The fourth-order valence-electron chi connectivity index (χ4n) is 3.46. The molecule has 0 fully saturated rings. The Kier molecular flexibility index (Phi) is 8.61. The van der Waals surface area contributed by atoms with Gasteiger partial charge in [0.2, 0.25) is 0 Å². The summed E-state index contributed by atoms with van der Waals surface area (Å²) in [6.45, 7) is -0.143. The van der Waals surface area contributed by atoms with E-state index in [4.69, 9.17) is 14.2 Å². The van der Waals surface area contributed by atoms with Crippen molar-refractivity contribution in [3.05, 3.63) is 89.0 Å². The van der Waals surface area contributed by atoms with Gasteiger partial charge in [0.05, 0.1) is 14.2 Å². The molecular formula is C26H25F2NO6. The molecule has 0 spiro atoms. The molecule has 0 atom stereocenters. The van der Waals surface area contributed by atoms with Crippen molar-refractivity contribution in [2.45, 2.75) is 13.0 Å². The number of carboxylic acids is 1. The second-order valence-corrected chi connectivity index (χ2v) is 7.59. The van der Waals surface area contributed by atoms with Crippen LogP contribution in [0.4, 0.5) is 8.78 Å². The Labute approximate surface area is 201 Å². The molecule has 3 aromatic carbocycles. The largest absolute Gasteiger partial charge is 0.493 e. The van der Waals surface area contributed by atoms with Crippen molar-refractivity contribution in [2.24, 2.45) is 0 Å². The second-order valence-electron chi connectivity index (χ2n) is 7.59. The molecule has 0 saturated heterocycles. The highest BCUT2D eigenvalue weighted by Crippen LogP contribution is 2.28. The molecule has 9 heteroatoms. The predicted octanol–water partition coefficient (Wildman–Crippen LogP) is 4.33. The Morgan fingerprint density at radius 3 is 2.26 bits per heavy atom. The molecule has 3 rings (SSSR count). The highest BCUT2D eigenvalue weighted by Gasteiger charge is 2.20. The number of carbonyl (C=O) groups excluding carboxylic acids is 1. The number of para-hydroxylation sites is 1. The van der Waals surface area contributed by atoms with Crippen molar-refractivity contribution in [1.29, 1.82) is 0 Å². The number of methoxy groups -OCH3 is 2. The van der Waals surface area contributed by atoms with E-state index in [0.29, 0.717) is 17.9 Å². The van der Waals surface area contributed by atoms with Gasteiger partial charge < -0.3 is 24.2 Å². The van der Waals surface area contributed by atoms with Gasteiger partial charge in [0, 0.05) is 13.1 Å². The summed E-state index contributed by atoms with van der Waals surface area (Å²) in [5, 5.41) is 9.29. The number of carbonyl (C=O) groups is 2. The molecule has 0 radical (unpaired) electrons. The number of aromatic carboxylic acids is 1. The molecule has 0 aliphatic rings. The topological polar surface area (TPSA) is 85.3 Å². The van der Waals surface area contributed by atoms with Crippen LogP contribution in [0.2, 0.25) is 0 Å². The quantitative estimate of drug-likeness (QED) is 0.435. The number of carboxylic acid groups (broad SMARTS) is 1. The van der Waals surface area contributed by atoms with Crippen molar-refractivity contribution < 1.29 is 37.7 Å². The summed E-state index contributed by atoms with van der Waals surface area (Å²) in [6, 6.07) is 14.7. The smallest absolute Gasteiger partial charge is 0.339 e. The Morgan fingerprint density at radius 2 is 1.60 bits per heavy atom. The molecule has 1 amide bonds. The Balaban J connectivity index is 1.79.